The molecule has 28 heavy (non-hydrogen) atoms. The van der Waals surface area contributed by atoms with Gasteiger partial charge in [-0.3, -0.25) is 0 Å². The number of morpholine rings is 1. The van der Waals surface area contributed by atoms with Crippen LogP contribution in [0.15, 0.2) is 18.7 Å². The van der Waals surface area contributed by atoms with Crippen LogP contribution in [0.1, 0.15) is 5.69 Å². The first kappa shape index (κ1) is 17.1. The highest BCUT2D eigenvalue weighted by Gasteiger charge is 2.23. The minimum absolute atomic E-state index is 0.703. The van der Waals surface area contributed by atoms with Gasteiger partial charge in [0.05, 0.1) is 19.5 Å². The fourth-order valence-electron chi connectivity index (χ4n) is 3.74. The normalized spacial score (nSPS) is 18.1. The molecule has 0 spiro atoms. The molecule has 3 aromatic heterocycles. The van der Waals surface area contributed by atoms with Crippen molar-refractivity contribution in [2.45, 2.75) is 6.92 Å². The summed E-state index contributed by atoms with van der Waals surface area (Å²) in [5.41, 5.74) is 2.58. The molecule has 0 bridgehead atoms. The summed E-state index contributed by atoms with van der Waals surface area (Å²) in [6, 6.07) is 2.07. The number of fused-ring (bicyclic) bond motifs is 1. The first-order chi connectivity index (χ1) is 13.8. The number of hydrogen-bond donors (Lipinski definition) is 1. The monoisotopic (exact) mass is 381 g/mol. The Kier molecular flexibility index (Phi) is 4.40. The van der Waals surface area contributed by atoms with Gasteiger partial charge < -0.3 is 24.4 Å². The van der Waals surface area contributed by atoms with E-state index in [1.807, 2.05) is 6.92 Å². The van der Waals surface area contributed by atoms with Crippen LogP contribution < -0.4 is 14.7 Å². The molecule has 0 aromatic carbocycles. The fraction of sp³-hybridized carbons (Fsp3) is 0.500. The maximum atomic E-state index is 5.45. The summed E-state index contributed by atoms with van der Waals surface area (Å²) in [6.07, 6.45) is 3.24. The number of piperazine rings is 1. The summed E-state index contributed by atoms with van der Waals surface area (Å²) in [6.45, 7) is 8.63. The summed E-state index contributed by atoms with van der Waals surface area (Å²) >= 11 is 0. The number of imidazole rings is 1. The van der Waals surface area contributed by atoms with Crippen molar-refractivity contribution >= 4 is 28.7 Å². The minimum Gasteiger partial charge on any atom is -0.378 e. The Morgan fingerprint density at radius 2 is 1.68 bits per heavy atom. The zero-order chi connectivity index (χ0) is 18.9. The van der Waals surface area contributed by atoms with Gasteiger partial charge in [-0.25, -0.2) is 19.9 Å². The number of aromatic amines is 1. The molecule has 0 amide bonds. The minimum atomic E-state index is 0.703. The number of nitrogens with zero attached hydrogens (tertiary/aromatic N) is 8. The van der Waals surface area contributed by atoms with Crippen molar-refractivity contribution < 1.29 is 4.74 Å². The zero-order valence-electron chi connectivity index (χ0n) is 15.9. The van der Waals surface area contributed by atoms with Crippen molar-refractivity contribution in [3.8, 4) is 0 Å². The van der Waals surface area contributed by atoms with Crippen molar-refractivity contribution in [2.24, 2.45) is 0 Å². The lowest BCUT2D eigenvalue weighted by molar-refractivity contribution is 0.122. The second-order valence-electron chi connectivity index (χ2n) is 7.04. The number of ether oxygens (including phenoxy) is 1. The number of aryl methyl sites for hydroxylation is 1. The van der Waals surface area contributed by atoms with Gasteiger partial charge in [0, 0.05) is 51.0 Å². The Morgan fingerprint density at radius 1 is 0.893 bits per heavy atom. The summed E-state index contributed by atoms with van der Waals surface area (Å²) in [5.74, 6) is 2.70. The zero-order valence-corrected chi connectivity index (χ0v) is 15.9. The summed E-state index contributed by atoms with van der Waals surface area (Å²) in [5, 5.41) is 0. The first-order valence-corrected chi connectivity index (χ1v) is 9.60. The molecule has 3 aromatic rings. The van der Waals surface area contributed by atoms with Gasteiger partial charge in [0.2, 0.25) is 5.95 Å². The number of aromatic nitrogens is 6. The quantitative estimate of drug-likeness (QED) is 0.700. The van der Waals surface area contributed by atoms with Gasteiger partial charge in [-0.1, -0.05) is 0 Å². The molecule has 0 unspecified atom stereocenters. The van der Waals surface area contributed by atoms with Gasteiger partial charge in [-0.05, 0) is 6.92 Å². The molecule has 10 nitrogen and oxygen atoms in total. The summed E-state index contributed by atoms with van der Waals surface area (Å²) in [7, 11) is 0. The van der Waals surface area contributed by atoms with Crippen LogP contribution in [0.25, 0.3) is 11.2 Å². The maximum absolute atomic E-state index is 5.45. The van der Waals surface area contributed by atoms with E-state index in [2.05, 4.69) is 45.7 Å². The molecule has 1 N–H and O–H groups in total. The predicted octanol–water partition coefficient (Wildman–Crippen LogP) is 0.615. The van der Waals surface area contributed by atoms with Crippen LogP contribution in [0.2, 0.25) is 0 Å². The molecule has 0 saturated carbocycles. The molecule has 2 aliphatic heterocycles. The second kappa shape index (κ2) is 7.19. The average molecular weight is 381 g/mol. The van der Waals surface area contributed by atoms with Gasteiger partial charge in [-0.15, -0.1) is 0 Å². The second-order valence-corrected chi connectivity index (χ2v) is 7.04. The number of nitrogens with one attached hydrogen (secondary N) is 1. The van der Waals surface area contributed by atoms with E-state index in [0.29, 0.717) is 5.65 Å². The van der Waals surface area contributed by atoms with Crippen molar-refractivity contribution in [1.82, 2.24) is 29.9 Å². The number of H-pyrrole nitrogens is 1. The molecular formula is C18H23N9O. The largest absolute Gasteiger partial charge is 0.378 e. The van der Waals surface area contributed by atoms with Crippen LogP contribution in [-0.2, 0) is 4.74 Å². The van der Waals surface area contributed by atoms with Crippen LogP contribution in [0.3, 0.4) is 0 Å². The van der Waals surface area contributed by atoms with Gasteiger partial charge in [0.15, 0.2) is 11.5 Å². The topological polar surface area (TPSA) is 99.2 Å². The van der Waals surface area contributed by atoms with Gasteiger partial charge in [0.1, 0.15) is 17.7 Å². The molecule has 5 heterocycles. The Bertz CT molecular complexity index is 961. The van der Waals surface area contributed by atoms with Crippen molar-refractivity contribution in [3.63, 3.8) is 0 Å². The van der Waals surface area contributed by atoms with Crippen molar-refractivity contribution in [3.05, 3.63) is 24.4 Å². The molecule has 10 heteroatoms. The molecule has 2 fully saturated rings. The third-order valence-electron chi connectivity index (χ3n) is 5.23. The van der Waals surface area contributed by atoms with Crippen molar-refractivity contribution in [2.75, 3.05) is 67.2 Å². The van der Waals surface area contributed by atoms with Crippen LogP contribution in [0.4, 0.5) is 17.6 Å². The third-order valence-corrected chi connectivity index (χ3v) is 5.23. The first-order valence-electron chi connectivity index (χ1n) is 9.60. The Hall–Kier alpha value is -3.01. The predicted molar refractivity (Wildman–Crippen MR) is 106 cm³/mol. The fourth-order valence-corrected chi connectivity index (χ4v) is 3.74. The SMILES string of the molecule is Cc1cc(N2CCN(c3ncnc4nc[nH]c34)CC2)nc(N2CCOCC2)n1. The lowest BCUT2D eigenvalue weighted by Crippen LogP contribution is -2.47. The van der Waals surface area contributed by atoms with E-state index in [0.717, 1.165) is 81.3 Å². The Balaban J connectivity index is 1.33. The standard InChI is InChI=1S/C18H23N9O/c1-13-10-14(24-18(23-13)27-6-8-28-9-7-27)25-2-4-26(5-3-25)17-15-16(20-11-19-15)21-12-22-17/h10-12H,2-9H2,1H3,(H,19,20,21,22). The number of hydrogen-bond acceptors (Lipinski definition) is 9. The van der Waals surface area contributed by atoms with Crippen LogP contribution in [0, 0.1) is 6.92 Å². The van der Waals surface area contributed by atoms with E-state index in [9.17, 15) is 0 Å². The van der Waals surface area contributed by atoms with Gasteiger partial charge in [-0.2, -0.15) is 4.98 Å². The number of anilines is 3. The molecule has 5 rings (SSSR count). The lowest BCUT2D eigenvalue weighted by Gasteiger charge is -2.36. The molecule has 0 radical (unpaired) electrons. The summed E-state index contributed by atoms with van der Waals surface area (Å²) in [4.78, 5) is 32.3. The molecule has 2 aliphatic rings. The summed E-state index contributed by atoms with van der Waals surface area (Å²) < 4.78 is 5.45. The van der Waals surface area contributed by atoms with E-state index >= 15 is 0 Å². The Labute approximate surface area is 162 Å². The van der Waals surface area contributed by atoms with E-state index in [1.165, 1.54) is 0 Å². The third kappa shape index (κ3) is 3.19. The van der Waals surface area contributed by atoms with Crippen LogP contribution in [-0.4, -0.2) is 82.4 Å². The van der Waals surface area contributed by atoms with Gasteiger partial charge in [0.25, 0.3) is 0 Å². The smallest absolute Gasteiger partial charge is 0.227 e. The average Bonchev–Trinajstić information content (AvgIpc) is 3.23. The molecule has 0 atom stereocenters. The van der Waals surface area contributed by atoms with E-state index < -0.39 is 0 Å². The molecular weight excluding hydrogens is 358 g/mol. The molecule has 2 saturated heterocycles. The van der Waals surface area contributed by atoms with Crippen LogP contribution >= 0.6 is 0 Å². The highest BCUT2D eigenvalue weighted by molar-refractivity contribution is 5.82. The van der Waals surface area contributed by atoms with Crippen LogP contribution in [0.5, 0.6) is 0 Å². The van der Waals surface area contributed by atoms with Gasteiger partial charge >= 0.3 is 0 Å². The Morgan fingerprint density at radius 3 is 2.50 bits per heavy atom. The molecule has 146 valence electrons. The maximum Gasteiger partial charge on any atom is 0.227 e. The van der Waals surface area contributed by atoms with Crippen molar-refractivity contribution in [1.29, 1.82) is 0 Å². The highest BCUT2D eigenvalue weighted by atomic mass is 16.5. The highest BCUT2D eigenvalue weighted by Crippen LogP contribution is 2.24. The lowest BCUT2D eigenvalue weighted by atomic mass is 10.3. The molecule has 0 aliphatic carbocycles. The van der Waals surface area contributed by atoms with E-state index in [1.54, 1.807) is 12.7 Å². The number of rotatable bonds is 3. The van der Waals surface area contributed by atoms with E-state index in [4.69, 9.17) is 9.72 Å². The van der Waals surface area contributed by atoms with E-state index in [-0.39, 0.29) is 0 Å².